The second-order valence-corrected chi connectivity index (χ2v) is 3.28. The van der Waals surface area contributed by atoms with Crippen LogP contribution in [0.15, 0.2) is 18.3 Å². The van der Waals surface area contributed by atoms with Crippen molar-refractivity contribution in [1.29, 1.82) is 0 Å². The molecule has 1 aromatic heterocycles. The zero-order valence-corrected chi connectivity index (χ0v) is 7.66. The molecule has 0 aliphatic heterocycles. The van der Waals surface area contributed by atoms with Crippen LogP contribution < -0.4 is 0 Å². The highest BCUT2D eigenvalue weighted by Gasteiger charge is 2.06. The number of aromatic amines is 1. The Morgan fingerprint density at radius 2 is 2.23 bits per heavy atom. The van der Waals surface area contributed by atoms with E-state index in [1.807, 2.05) is 6.20 Å². The standard InChI is InChI=1S/C10H8ClFN/c1-2-6-5-13-10-4-9(12)8(11)3-7(6)10/h3-5,13H,1-2H2. The van der Waals surface area contributed by atoms with Gasteiger partial charge in [0, 0.05) is 17.1 Å². The van der Waals surface area contributed by atoms with Crippen LogP contribution in [0.1, 0.15) is 5.56 Å². The summed E-state index contributed by atoms with van der Waals surface area (Å²) < 4.78 is 13.0. The Hall–Kier alpha value is -1.02. The van der Waals surface area contributed by atoms with Crippen LogP contribution in [0.5, 0.6) is 0 Å². The summed E-state index contributed by atoms with van der Waals surface area (Å²) in [4.78, 5) is 2.97. The zero-order valence-electron chi connectivity index (χ0n) is 6.90. The summed E-state index contributed by atoms with van der Waals surface area (Å²) in [5.41, 5.74) is 1.82. The maximum Gasteiger partial charge on any atom is 0.143 e. The molecule has 2 aromatic rings. The average Bonchev–Trinajstić information content (AvgIpc) is 2.48. The van der Waals surface area contributed by atoms with E-state index in [2.05, 4.69) is 11.9 Å². The smallest absolute Gasteiger partial charge is 0.143 e. The van der Waals surface area contributed by atoms with Gasteiger partial charge in [-0.3, -0.25) is 0 Å². The maximum absolute atomic E-state index is 13.0. The van der Waals surface area contributed by atoms with Crippen molar-refractivity contribution in [3.05, 3.63) is 41.7 Å². The third-order valence-corrected chi connectivity index (χ3v) is 2.37. The van der Waals surface area contributed by atoms with Gasteiger partial charge >= 0.3 is 0 Å². The molecular weight excluding hydrogens is 189 g/mol. The minimum atomic E-state index is -0.397. The lowest BCUT2D eigenvalue weighted by molar-refractivity contribution is 0.630. The van der Waals surface area contributed by atoms with E-state index in [0.29, 0.717) is 6.42 Å². The second-order valence-electron chi connectivity index (χ2n) is 2.88. The number of aromatic nitrogens is 1. The van der Waals surface area contributed by atoms with E-state index in [4.69, 9.17) is 11.6 Å². The Bertz CT molecular complexity index is 447. The van der Waals surface area contributed by atoms with Crippen molar-refractivity contribution in [2.45, 2.75) is 6.42 Å². The Labute approximate surface area is 80.5 Å². The average molecular weight is 197 g/mol. The molecule has 0 aliphatic rings. The molecule has 0 bridgehead atoms. The van der Waals surface area contributed by atoms with E-state index >= 15 is 0 Å². The Morgan fingerprint density at radius 3 is 2.92 bits per heavy atom. The molecule has 0 fully saturated rings. The van der Waals surface area contributed by atoms with Gasteiger partial charge in [-0.15, -0.1) is 0 Å². The van der Waals surface area contributed by atoms with Gasteiger partial charge in [-0.2, -0.15) is 0 Å². The van der Waals surface area contributed by atoms with Gasteiger partial charge in [0.1, 0.15) is 5.82 Å². The lowest BCUT2D eigenvalue weighted by Crippen LogP contribution is -1.79. The monoisotopic (exact) mass is 196 g/mol. The zero-order chi connectivity index (χ0) is 9.42. The van der Waals surface area contributed by atoms with E-state index in [0.717, 1.165) is 16.5 Å². The minimum Gasteiger partial charge on any atom is -0.361 e. The lowest BCUT2D eigenvalue weighted by Gasteiger charge is -1.96. The number of H-pyrrole nitrogens is 1. The van der Waals surface area contributed by atoms with Crippen LogP contribution in [0, 0.1) is 12.7 Å². The van der Waals surface area contributed by atoms with Gasteiger partial charge in [-0.25, -0.2) is 4.39 Å². The number of hydrogen-bond donors (Lipinski definition) is 1. The Morgan fingerprint density at radius 1 is 1.46 bits per heavy atom. The van der Waals surface area contributed by atoms with E-state index in [-0.39, 0.29) is 5.02 Å². The van der Waals surface area contributed by atoms with Crippen molar-refractivity contribution in [3.63, 3.8) is 0 Å². The molecule has 1 nitrogen and oxygen atoms in total. The number of fused-ring (bicyclic) bond motifs is 1. The molecule has 13 heavy (non-hydrogen) atoms. The SMILES string of the molecule is [CH2]Cc1c[nH]c2cc(F)c(Cl)cc12. The molecule has 0 aliphatic carbocycles. The fraction of sp³-hybridized carbons (Fsp3) is 0.100. The molecule has 0 spiro atoms. The molecule has 1 N–H and O–H groups in total. The summed E-state index contributed by atoms with van der Waals surface area (Å²) in [5, 5.41) is 1.10. The van der Waals surface area contributed by atoms with E-state index in [9.17, 15) is 4.39 Å². The van der Waals surface area contributed by atoms with Crippen molar-refractivity contribution >= 4 is 22.5 Å². The first-order valence-corrected chi connectivity index (χ1v) is 4.34. The molecule has 67 valence electrons. The molecule has 0 unspecified atom stereocenters. The first-order chi connectivity index (χ1) is 6.22. The normalized spacial score (nSPS) is 11.0. The van der Waals surface area contributed by atoms with Gasteiger partial charge in [0.2, 0.25) is 0 Å². The van der Waals surface area contributed by atoms with E-state index < -0.39 is 5.82 Å². The lowest BCUT2D eigenvalue weighted by atomic mass is 10.1. The summed E-state index contributed by atoms with van der Waals surface area (Å²) in [6, 6.07) is 3.03. The third kappa shape index (κ3) is 1.31. The van der Waals surface area contributed by atoms with Crippen LogP contribution in [-0.2, 0) is 6.42 Å². The van der Waals surface area contributed by atoms with Gasteiger partial charge in [0.05, 0.1) is 5.02 Å². The predicted molar refractivity (Wildman–Crippen MR) is 52.3 cm³/mol. The summed E-state index contributed by atoms with van der Waals surface area (Å²) in [6.07, 6.45) is 2.50. The highest BCUT2D eigenvalue weighted by Crippen LogP contribution is 2.25. The third-order valence-electron chi connectivity index (χ3n) is 2.08. The Kier molecular flexibility index (Phi) is 2.00. The number of rotatable bonds is 1. The molecular formula is C10H8ClFN. The van der Waals surface area contributed by atoms with Crippen molar-refractivity contribution in [1.82, 2.24) is 4.98 Å². The summed E-state index contributed by atoms with van der Waals surface area (Å²) in [6.45, 7) is 3.77. The van der Waals surface area contributed by atoms with Crippen molar-refractivity contribution in [2.24, 2.45) is 0 Å². The van der Waals surface area contributed by atoms with Gasteiger partial charge < -0.3 is 4.98 Å². The van der Waals surface area contributed by atoms with Gasteiger partial charge in [-0.1, -0.05) is 11.6 Å². The van der Waals surface area contributed by atoms with Crippen LogP contribution in [0.25, 0.3) is 10.9 Å². The van der Waals surface area contributed by atoms with Crippen molar-refractivity contribution in [3.8, 4) is 0 Å². The topological polar surface area (TPSA) is 15.8 Å². The number of benzene rings is 1. The minimum absolute atomic E-state index is 0.154. The first kappa shape index (κ1) is 8.57. The van der Waals surface area contributed by atoms with E-state index in [1.165, 1.54) is 6.07 Å². The van der Waals surface area contributed by atoms with Gasteiger partial charge in [-0.05, 0) is 31.0 Å². The summed E-state index contributed by atoms with van der Waals surface area (Å²) in [5.74, 6) is -0.397. The number of hydrogen-bond acceptors (Lipinski definition) is 0. The van der Waals surface area contributed by atoms with Crippen LogP contribution >= 0.6 is 11.6 Å². The maximum atomic E-state index is 13.0. The van der Waals surface area contributed by atoms with Crippen LogP contribution in [-0.4, -0.2) is 4.98 Å². The van der Waals surface area contributed by atoms with Crippen molar-refractivity contribution < 1.29 is 4.39 Å². The molecule has 3 heteroatoms. The van der Waals surface area contributed by atoms with E-state index in [1.54, 1.807) is 6.07 Å². The van der Waals surface area contributed by atoms with Gasteiger partial charge in [0.25, 0.3) is 0 Å². The molecule has 1 heterocycles. The fourth-order valence-corrected chi connectivity index (χ4v) is 1.55. The second kappa shape index (κ2) is 3.04. The predicted octanol–water partition coefficient (Wildman–Crippen LogP) is 3.34. The number of nitrogens with one attached hydrogen (secondary N) is 1. The molecule has 2 rings (SSSR count). The van der Waals surface area contributed by atoms with Crippen LogP contribution in [0.3, 0.4) is 0 Å². The molecule has 1 radical (unpaired) electrons. The molecule has 0 saturated heterocycles. The van der Waals surface area contributed by atoms with Gasteiger partial charge in [0.15, 0.2) is 0 Å². The highest BCUT2D eigenvalue weighted by molar-refractivity contribution is 6.31. The van der Waals surface area contributed by atoms with Crippen LogP contribution in [0.4, 0.5) is 4.39 Å². The molecule has 0 atom stereocenters. The Balaban J connectivity index is 2.77. The quantitative estimate of drug-likeness (QED) is 0.720. The molecule has 0 saturated carbocycles. The highest BCUT2D eigenvalue weighted by atomic mass is 35.5. The van der Waals surface area contributed by atoms with Crippen molar-refractivity contribution in [2.75, 3.05) is 0 Å². The number of halogens is 2. The first-order valence-electron chi connectivity index (χ1n) is 3.96. The molecule has 1 aromatic carbocycles. The summed E-state index contributed by atoms with van der Waals surface area (Å²) in [7, 11) is 0. The van der Waals surface area contributed by atoms with Crippen LogP contribution in [0.2, 0.25) is 5.02 Å². The fourth-order valence-electron chi connectivity index (χ4n) is 1.38. The largest absolute Gasteiger partial charge is 0.361 e. The molecule has 0 amide bonds. The summed E-state index contributed by atoms with van der Waals surface area (Å²) >= 11 is 5.66.